The van der Waals surface area contributed by atoms with E-state index in [1.807, 2.05) is 36.9 Å². The van der Waals surface area contributed by atoms with Gasteiger partial charge in [0.1, 0.15) is 18.1 Å². The first-order chi connectivity index (χ1) is 16.9. The molecule has 0 bridgehead atoms. The number of carbonyl (C=O) groups excluding carboxylic acids is 3. The second-order valence-electron chi connectivity index (χ2n) is 8.75. The predicted octanol–water partition coefficient (Wildman–Crippen LogP) is 4.81. The Balaban J connectivity index is 1.29. The summed E-state index contributed by atoms with van der Waals surface area (Å²) in [5, 5.41) is -0.304. The highest BCUT2D eigenvalue weighted by molar-refractivity contribution is 8.18. The minimum atomic E-state index is -0.322. The molecule has 0 aliphatic carbocycles. The molecule has 2 aliphatic rings. The lowest BCUT2D eigenvalue weighted by Crippen LogP contribution is -2.38. The standard InChI is InChI=1S/C27H30N2O5S/c1-19-6-7-20(2)23(16-19)33-15-14-29-26(31)24(35-27(29)32)17-21-8-10-22(11-9-21)34-18-25(30)28-12-4-3-5-13-28/h6-11,16-17H,3-5,12-15,18H2,1-2H3/b24-17-. The fourth-order valence-corrected chi connectivity index (χ4v) is 4.86. The van der Waals surface area contributed by atoms with Crippen LogP contribution in [0.2, 0.25) is 0 Å². The Morgan fingerprint density at radius 1 is 1.00 bits per heavy atom. The third-order valence-corrected chi connectivity index (χ3v) is 6.95. The summed E-state index contributed by atoms with van der Waals surface area (Å²) < 4.78 is 11.4. The van der Waals surface area contributed by atoms with Crippen LogP contribution < -0.4 is 9.47 Å². The number of thioether (sulfide) groups is 1. The van der Waals surface area contributed by atoms with E-state index in [1.54, 1.807) is 30.3 Å². The highest BCUT2D eigenvalue weighted by Gasteiger charge is 2.34. The molecule has 184 valence electrons. The molecule has 0 radical (unpaired) electrons. The van der Waals surface area contributed by atoms with Crippen molar-refractivity contribution < 1.29 is 23.9 Å². The molecule has 0 spiro atoms. The highest BCUT2D eigenvalue weighted by Crippen LogP contribution is 2.32. The molecule has 0 unspecified atom stereocenters. The Bertz CT molecular complexity index is 1120. The van der Waals surface area contributed by atoms with Crippen LogP contribution in [0, 0.1) is 13.8 Å². The van der Waals surface area contributed by atoms with Crippen molar-refractivity contribution >= 4 is 34.9 Å². The maximum atomic E-state index is 12.8. The Labute approximate surface area is 210 Å². The quantitative estimate of drug-likeness (QED) is 0.490. The van der Waals surface area contributed by atoms with Crippen molar-refractivity contribution in [1.29, 1.82) is 0 Å². The molecule has 2 aliphatic heterocycles. The van der Waals surface area contributed by atoms with E-state index < -0.39 is 0 Å². The smallest absolute Gasteiger partial charge is 0.293 e. The Morgan fingerprint density at radius 3 is 2.49 bits per heavy atom. The molecule has 0 N–H and O–H groups in total. The number of nitrogens with zero attached hydrogens (tertiary/aromatic N) is 2. The first-order valence-corrected chi connectivity index (χ1v) is 12.7. The van der Waals surface area contributed by atoms with E-state index in [4.69, 9.17) is 9.47 Å². The van der Waals surface area contributed by atoms with Crippen molar-refractivity contribution in [3.63, 3.8) is 0 Å². The van der Waals surface area contributed by atoms with Crippen LogP contribution in [0.3, 0.4) is 0 Å². The van der Waals surface area contributed by atoms with Gasteiger partial charge in [0.2, 0.25) is 0 Å². The van der Waals surface area contributed by atoms with Crippen LogP contribution in [-0.4, -0.2) is 59.7 Å². The van der Waals surface area contributed by atoms with Gasteiger partial charge in [0.15, 0.2) is 6.61 Å². The van der Waals surface area contributed by atoms with E-state index in [1.165, 1.54) is 11.3 Å². The van der Waals surface area contributed by atoms with Gasteiger partial charge in [-0.25, -0.2) is 0 Å². The molecular weight excluding hydrogens is 464 g/mol. The number of hydrogen-bond acceptors (Lipinski definition) is 6. The second-order valence-corrected chi connectivity index (χ2v) is 9.74. The van der Waals surface area contributed by atoms with Crippen molar-refractivity contribution in [3.8, 4) is 11.5 Å². The highest BCUT2D eigenvalue weighted by atomic mass is 32.2. The summed E-state index contributed by atoms with van der Waals surface area (Å²) in [6, 6.07) is 13.1. The molecule has 2 saturated heterocycles. The summed E-state index contributed by atoms with van der Waals surface area (Å²) in [7, 11) is 0. The van der Waals surface area contributed by atoms with Gasteiger partial charge in [-0.15, -0.1) is 0 Å². The summed E-state index contributed by atoms with van der Waals surface area (Å²) in [6.45, 7) is 5.98. The Hall–Kier alpha value is -3.26. The van der Waals surface area contributed by atoms with Gasteiger partial charge in [-0.1, -0.05) is 24.3 Å². The van der Waals surface area contributed by atoms with Gasteiger partial charge >= 0.3 is 0 Å². The molecule has 2 aromatic carbocycles. The molecular formula is C27H30N2O5S. The maximum absolute atomic E-state index is 12.8. The number of imide groups is 1. The molecule has 4 rings (SSSR count). The lowest BCUT2D eigenvalue weighted by molar-refractivity contribution is -0.134. The van der Waals surface area contributed by atoms with Gasteiger partial charge in [0.25, 0.3) is 17.1 Å². The number of benzene rings is 2. The molecule has 0 aromatic heterocycles. The summed E-state index contributed by atoms with van der Waals surface area (Å²) in [5.74, 6) is 1.03. The van der Waals surface area contributed by atoms with E-state index in [0.717, 1.165) is 60.1 Å². The first kappa shape index (κ1) is 24.9. The minimum absolute atomic E-state index is 0.00369. The normalized spacial score (nSPS) is 17.3. The van der Waals surface area contributed by atoms with Gasteiger partial charge in [-0.3, -0.25) is 19.3 Å². The Morgan fingerprint density at radius 2 is 1.74 bits per heavy atom. The number of amides is 3. The van der Waals surface area contributed by atoms with Crippen LogP contribution in [0.1, 0.15) is 36.0 Å². The van der Waals surface area contributed by atoms with Gasteiger partial charge in [0, 0.05) is 13.1 Å². The predicted molar refractivity (Wildman–Crippen MR) is 136 cm³/mol. The number of carbonyl (C=O) groups is 3. The zero-order chi connectivity index (χ0) is 24.8. The van der Waals surface area contributed by atoms with Gasteiger partial charge in [-0.2, -0.15) is 0 Å². The molecule has 2 aromatic rings. The molecule has 7 nitrogen and oxygen atoms in total. The third-order valence-electron chi connectivity index (χ3n) is 6.04. The molecule has 8 heteroatoms. The molecule has 0 saturated carbocycles. The molecule has 2 fully saturated rings. The number of aryl methyl sites for hydroxylation is 2. The van der Waals surface area contributed by atoms with Crippen molar-refractivity contribution in [1.82, 2.24) is 9.80 Å². The third kappa shape index (κ3) is 6.45. The van der Waals surface area contributed by atoms with Crippen LogP contribution >= 0.6 is 11.8 Å². The van der Waals surface area contributed by atoms with E-state index >= 15 is 0 Å². The van der Waals surface area contributed by atoms with Crippen LogP contribution in [-0.2, 0) is 9.59 Å². The Kier molecular flexibility index (Phi) is 8.13. The zero-order valence-electron chi connectivity index (χ0n) is 20.1. The van der Waals surface area contributed by atoms with Crippen LogP contribution in [0.25, 0.3) is 6.08 Å². The van der Waals surface area contributed by atoms with Gasteiger partial charge in [0.05, 0.1) is 11.4 Å². The summed E-state index contributed by atoms with van der Waals surface area (Å²) in [5.41, 5.74) is 2.87. The molecule has 2 heterocycles. The zero-order valence-corrected chi connectivity index (χ0v) is 20.9. The summed E-state index contributed by atoms with van der Waals surface area (Å²) in [6.07, 6.45) is 4.96. The van der Waals surface area contributed by atoms with Crippen LogP contribution in [0.15, 0.2) is 47.4 Å². The SMILES string of the molecule is Cc1ccc(C)c(OCCN2C(=O)S/C(=C\c3ccc(OCC(=O)N4CCCCC4)cc3)C2=O)c1. The van der Waals surface area contributed by atoms with Gasteiger partial charge in [-0.05, 0) is 85.8 Å². The second kappa shape index (κ2) is 11.4. The van der Waals surface area contributed by atoms with E-state index in [9.17, 15) is 14.4 Å². The number of piperidine rings is 1. The maximum Gasteiger partial charge on any atom is 0.293 e. The average Bonchev–Trinajstić information content (AvgIpc) is 3.13. The van der Waals surface area contributed by atoms with Gasteiger partial charge < -0.3 is 14.4 Å². The van der Waals surface area contributed by atoms with E-state index in [0.29, 0.717) is 10.7 Å². The molecule has 3 amide bonds. The lowest BCUT2D eigenvalue weighted by Gasteiger charge is -2.26. The van der Waals surface area contributed by atoms with Crippen molar-refractivity contribution in [2.24, 2.45) is 0 Å². The van der Waals surface area contributed by atoms with Crippen LogP contribution in [0.4, 0.5) is 4.79 Å². The van der Waals surface area contributed by atoms with Crippen molar-refractivity contribution in [2.45, 2.75) is 33.1 Å². The summed E-state index contributed by atoms with van der Waals surface area (Å²) >= 11 is 0.924. The number of likely N-dealkylation sites (tertiary alicyclic amines) is 1. The number of hydrogen-bond donors (Lipinski definition) is 0. The lowest BCUT2D eigenvalue weighted by atomic mass is 10.1. The fourth-order valence-electron chi connectivity index (χ4n) is 3.99. The monoisotopic (exact) mass is 494 g/mol. The van der Waals surface area contributed by atoms with Crippen molar-refractivity contribution in [3.05, 3.63) is 64.1 Å². The summed E-state index contributed by atoms with van der Waals surface area (Å²) in [4.78, 5) is 40.9. The van der Waals surface area contributed by atoms with E-state index in [-0.39, 0.29) is 36.8 Å². The van der Waals surface area contributed by atoms with Crippen molar-refractivity contribution in [2.75, 3.05) is 32.8 Å². The topological polar surface area (TPSA) is 76.2 Å². The van der Waals surface area contributed by atoms with E-state index in [2.05, 4.69) is 0 Å². The molecule has 0 atom stereocenters. The number of rotatable bonds is 8. The average molecular weight is 495 g/mol. The first-order valence-electron chi connectivity index (χ1n) is 11.9. The minimum Gasteiger partial charge on any atom is -0.491 e. The fraction of sp³-hybridized carbons (Fsp3) is 0.370. The number of ether oxygens (including phenoxy) is 2. The largest absolute Gasteiger partial charge is 0.491 e. The molecule has 35 heavy (non-hydrogen) atoms. The van der Waals surface area contributed by atoms with Crippen LogP contribution in [0.5, 0.6) is 11.5 Å².